The van der Waals surface area contributed by atoms with Gasteiger partial charge in [-0.25, -0.2) is 0 Å². The first-order chi connectivity index (χ1) is 1.73. The Hall–Kier alpha value is 0.507. The van der Waals surface area contributed by atoms with Crippen LogP contribution in [-0.2, 0) is 19.4 Å². The minimum absolute atomic E-state index is 0. The van der Waals surface area contributed by atoms with Crippen molar-refractivity contribution >= 4 is 11.0 Å². The maximum atomic E-state index is 8.56. The molecule has 33 valence electrons. The molecule has 1 radical (unpaired) electrons. The van der Waals surface area contributed by atoms with E-state index in [1.165, 1.54) is 0 Å². The zero-order valence-electron chi connectivity index (χ0n) is 3.67. The van der Waals surface area contributed by atoms with Crippen LogP contribution >= 0.6 is 0 Å². The van der Waals surface area contributed by atoms with Crippen molar-refractivity contribution in [3.8, 4) is 0 Å². The fraction of sp³-hybridized carbons (Fsp3) is 0. The van der Waals surface area contributed by atoms with Crippen LogP contribution in [-0.4, -0.2) is 4.55 Å². The number of hydrogen-bond acceptors (Lipinski definition) is 3. The molecule has 0 aromatic carbocycles. The van der Waals surface area contributed by atoms with Gasteiger partial charge >= 0.3 is 18.9 Å². The van der Waals surface area contributed by atoms with Crippen LogP contribution in [0, 0.1) is 7.43 Å². The Kier molecular flexibility index (Phi) is 24.3. The molecule has 6 heavy (non-hydrogen) atoms. The Morgan fingerprint density at radius 3 is 1.33 bits per heavy atom. The van der Waals surface area contributed by atoms with Crippen LogP contribution in [0.5, 0.6) is 0 Å². The standard InChI is InChI=1S/CH3.Li.HO3S/c;;1-4(2)3/h1H3;;(H,1,2,3)/q;+1;-1. The summed E-state index contributed by atoms with van der Waals surface area (Å²) in [7, 11) is -2.86. The summed E-state index contributed by atoms with van der Waals surface area (Å²) in [6.07, 6.45) is 0. The number of hydrogen-bond donors (Lipinski definition) is 1. The van der Waals surface area contributed by atoms with Crippen LogP contribution in [0.2, 0.25) is 0 Å². The van der Waals surface area contributed by atoms with Crippen molar-refractivity contribution in [1.29, 1.82) is 0 Å². The quantitative estimate of drug-likeness (QED) is 0.156. The molecular weight excluding hydrogens is 99.0 g/mol. The van der Waals surface area contributed by atoms with Crippen LogP contribution in [0.25, 0.3) is 0 Å². The predicted octanol–water partition coefficient (Wildman–Crippen LogP) is -2.78. The summed E-state index contributed by atoms with van der Waals surface area (Å²) in [5.74, 6) is 0. The summed E-state index contributed by atoms with van der Waals surface area (Å²) in [5, 5.41) is 0. The van der Waals surface area contributed by atoms with Gasteiger partial charge in [-0.15, -0.1) is 0 Å². The van der Waals surface area contributed by atoms with Crippen molar-refractivity contribution in [2.45, 2.75) is 0 Å². The molecule has 0 aliphatic heterocycles. The molecule has 0 unspecified atom stereocenters. The fourth-order valence-corrected chi connectivity index (χ4v) is 0. The molecule has 0 aromatic heterocycles. The van der Waals surface area contributed by atoms with Crippen LogP contribution in [0.3, 0.4) is 0 Å². The van der Waals surface area contributed by atoms with Gasteiger partial charge < -0.3 is 13.0 Å². The molecule has 0 atom stereocenters. The average molecular weight is 103 g/mol. The molecule has 5 heteroatoms. The normalized spacial score (nSPS) is 5.67. The first-order valence-electron chi connectivity index (χ1n) is 0.516. The molecule has 0 spiro atoms. The molecule has 1 N–H and O–H groups in total. The summed E-state index contributed by atoms with van der Waals surface area (Å²) < 4.78 is 24.1. The molecule has 0 aliphatic rings. The third-order valence-electron chi connectivity index (χ3n) is 0. The summed E-state index contributed by atoms with van der Waals surface area (Å²) in [6.45, 7) is 0. The summed E-state index contributed by atoms with van der Waals surface area (Å²) in [4.78, 5) is 0. The second-order valence-corrected chi connectivity index (χ2v) is 0.651. The van der Waals surface area contributed by atoms with Gasteiger partial charge in [-0.3, -0.25) is 0 Å². The maximum absolute atomic E-state index is 8.56. The molecule has 0 rings (SSSR count). The van der Waals surface area contributed by atoms with Gasteiger partial charge in [0.25, 0.3) is 0 Å². The first-order valence-corrected chi connectivity index (χ1v) is 1.55. The van der Waals surface area contributed by atoms with Crippen molar-refractivity contribution in [2.24, 2.45) is 0 Å². The van der Waals surface area contributed by atoms with E-state index in [4.69, 9.17) is 13.0 Å². The zero-order chi connectivity index (χ0) is 3.58. The van der Waals surface area contributed by atoms with Gasteiger partial charge in [-0.2, -0.15) is 0 Å². The predicted molar refractivity (Wildman–Crippen MR) is 17.8 cm³/mol. The van der Waals surface area contributed by atoms with E-state index in [9.17, 15) is 0 Å². The second kappa shape index (κ2) is 9.10. The SMILES string of the molecule is O=[S-](=O)O.[CH3].[Li+]. The summed E-state index contributed by atoms with van der Waals surface area (Å²) >= 11 is 0. The molecule has 3 nitrogen and oxygen atoms in total. The Balaban J connectivity index is -0.0000000450. The molecule has 0 saturated heterocycles. The van der Waals surface area contributed by atoms with E-state index >= 15 is 0 Å². The smallest absolute Gasteiger partial charge is 0.439 e. The summed E-state index contributed by atoms with van der Waals surface area (Å²) in [6, 6.07) is 0. The van der Waals surface area contributed by atoms with E-state index in [1.807, 2.05) is 0 Å². The molecular formula is CH4LiO3S. The third kappa shape index (κ3) is 215. The van der Waals surface area contributed by atoms with Crippen molar-refractivity contribution in [3.63, 3.8) is 0 Å². The van der Waals surface area contributed by atoms with Gasteiger partial charge in [-0.05, 0) is 0 Å². The Bertz CT molecular complexity index is 59.2. The van der Waals surface area contributed by atoms with E-state index in [0.717, 1.165) is 0 Å². The van der Waals surface area contributed by atoms with Crippen LogP contribution in [0.1, 0.15) is 0 Å². The third-order valence-corrected chi connectivity index (χ3v) is 0. The minimum Gasteiger partial charge on any atom is -0.439 e. The average Bonchev–Trinajstić information content (AvgIpc) is 0.811. The van der Waals surface area contributed by atoms with E-state index in [2.05, 4.69) is 0 Å². The van der Waals surface area contributed by atoms with E-state index in [0.29, 0.717) is 0 Å². The van der Waals surface area contributed by atoms with E-state index in [-0.39, 0.29) is 26.3 Å². The van der Waals surface area contributed by atoms with Crippen molar-refractivity contribution in [3.05, 3.63) is 7.43 Å². The molecule has 0 amide bonds. The van der Waals surface area contributed by atoms with Gasteiger partial charge in [0.2, 0.25) is 0 Å². The summed E-state index contributed by atoms with van der Waals surface area (Å²) in [5.41, 5.74) is 0. The van der Waals surface area contributed by atoms with Crippen molar-refractivity contribution in [1.82, 2.24) is 0 Å². The molecule has 0 aromatic rings. The van der Waals surface area contributed by atoms with Gasteiger partial charge in [0.15, 0.2) is 0 Å². The molecule has 0 aliphatic carbocycles. The Morgan fingerprint density at radius 2 is 1.33 bits per heavy atom. The topological polar surface area (TPSA) is 54.4 Å². The van der Waals surface area contributed by atoms with Crippen LogP contribution in [0.4, 0.5) is 0 Å². The number of rotatable bonds is 0. The van der Waals surface area contributed by atoms with Gasteiger partial charge in [0.05, 0.1) is 0 Å². The molecule has 0 saturated carbocycles. The van der Waals surface area contributed by atoms with Crippen LogP contribution < -0.4 is 18.9 Å². The Morgan fingerprint density at radius 1 is 1.33 bits per heavy atom. The van der Waals surface area contributed by atoms with Crippen molar-refractivity contribution < 1.29 is 31.8 Å². The molecule has 0 fully saturated rings. The molecule has 0 heterocycles. The van der Waals surface area contributed by atoms with Gasteiger partial charge in [0, 0.05) is 11.0 Å². The van der Waals surface area contributed by atoms with Gasteiger partial charge in [-0.1, -0.05) is 7.43 Å². The van der Waals surface area contributed by atoms with Crippen molar-refractivity contribution in [2.75, 3.05) is 0 Å². The maximum Gasteiger partial charge on any atom is 1.00 e. The minimum atomic E-state index is -2.86. The van der Waals surface area contributed by atoms with E-state index < -0.39 is 11.0 Å². The van der Waals surface area contributed by atoms with Gasteiger partial charge in [0.1, 0.15) is 0 Å². The fourth-order valence-electron chi connectivity index (χ4n) is 0. The first kappa shape index (κ1) is 16.0. The monoisotopic (exact) mass is 103 g/mol. The zero-order valence-corrected chi connectivity index (χ0v) is 4.49. The second-order valence-electron chi connectivity index (χ2n) is 0.217. The largest absolute Gasteiger partial charge is 1.00 e. The Labute approximate surface area is 50.7 Å². The van der Waals surface area contributed by atoms with Crippen LogP contribution in [0.15, 0.2) is 0 Å². The van der Waals surface area contributed by atoms with E-state index in [1.54, 1.807) is 0 Å². The molecule has 0 bridgehead atoms.